The Labute approximate surface area is 186 Å². The Balaban J connectivity index is 2.06. The first-order valence-electron chi connectivity index (χ1n) is 9.07. The molecule has 1 heterocycles. The van der Waals surface area contributed by atoms with Gasteiger partial charge in [0.1, 0.15) is 18.2 Å². The zero-order chi connectivity index (χ0) is 21.0. The maximum absolute atomic E-state index is 13.1. The molecule has 3 rings (SSSR count). The predicted molar refractivity (Wildman–Crippen MR) is 124 cm³/mol. The minimum absolute atomic E-state index is 0.0826. The molecule has 0 spiro atoms. The van der Waals surface area contributed by atoms with Crippen LogP contribution in [0.2, 0.25) is 0 Å². The average molecular weight is 517 g/mol. The summed E-state index contributed by atoms with van der Waals surface area (Å²) in [5.74, 6) is 3.80. The van der Waals surface area contributed by atoms with Crippen LogP contribution in [0.3, 0.4) is 0 Å². The first kappa shape index (κ1) is 21.3. The summed E-state index contributed by atoms with van der Waals surface area (Å²) in [4.78, 5) is 17.8. The lowest BCUT2D eigenvalue weighted by Gasteiger charge is -2.14. The Bertz CT molecular complexity index is 1180. The monoisotopic (exact) mass is 515 g/mol. The molecule has 5 nitrogen and oxygen atoms in total. The number of benzene rings is 2. The molecule has 3 aromatic rings. The number of hydrogen-bond donors (Lipinski definition) is 0. The van der Waals surface area contributed by atoms with E-state index in [4.69, 9.17) is 16.1 Å². The Hall–Kier alpha value is -2.43. The Morgan fingerprint density at radius 2 is 2.10 bits per heavy atom. The zero-order valence-corrected chi connectivity index (χ0v) is 19.2. The molecule has 0 fully saturated rings. The number of hydrogen-bond acceptors (Lipinski definition) is 4. The minimum atomic E-state index is -0.198. The van der Waals surface area contributed by atoms with Gasteiger partial charge in [-0.3, -0.25) is 4.79 Å². The number of halogens is 2. The van der Waals surface area contributed by atoms with Crippen LogP contribution in [-0.2, 0) is 0 Å². The maximum Gasteiger partial charge on any atom is 0.282 e. The summed E-state index contributed by atoms with van der Waals surface area (Å²) >= 11 is 6.88. The molecule has 0 radical (unpaired) electrons. The van der Waals surface area contributed by atoms with Crippen LogP contribution in [0.1, 0.15) is 37.6 Å². The summed E-state index contributed by atoms with van der Waals surface area (Å²) in [6, 6.07) is 11.0. The maximum atomic E-state index is 13.1. The molecule has 0 N–H and O–H groups in total. The van der Waals surface area contributed by atoms with Gasteiger partial charge in [-0.05, 0) is 64.3 Å². The number of aromatic nitrogens is 2. The minimum Gasteiger partial charge on any atom is -0.480 e. The van der Waals surface area contributed by atoms with Gasteiger partial charge in [-0.1, -0.05) is 35.7 Å². The molecule has 1 atom stereocenters. The zero-order valence-electron chi connectivity index (χ0n) is 16.0. The lowest BCUT2D eigenvalue weighted by atomic mass is 10.1. The highest BCUT2D eigenvalue weighted by molar-refractivity contribution is 9.10. The summed E-state index contributed by atoms with van der Waals surface area (Å²) in [6.45, 7) is 4.29. The van der Waals surface area contributed by atoms with Gasteiger partial charge in [-0.25, -0.2) is 4.98 Å². The van der Waals surface area contributed by atoms with E-state index < -0.39 is 0 Å². The third-order valence-electron chi connectivity index (χ3n) is 4.48. The van der Waals surface area contributed by atoms with Gasteiger partial charge in [0.05, 0.1) is 21.6 Å². The molecular formula is C22H19Br2N3O2. The summed E-state index contributed by atoms with van der Waals surface area (Å²) in [7, 11) is 0. The van der Waals surface area contributed by atoms with E-state index in [0.29, 0.717) is 22.5 Å². The van der Waals surface area contributed by atoms with Gasteiger partial charge in [0.25, 0.3) is 5.56 Å². The van der Waals surface area contributed by atoms with Crippen molar-refractivity contribution in [3.05, 3.63) is 67.1 Å². The van der Waals surface area contributed by atoms with Crippen LogP contribution in [-0.4, -0.2) is 22.5 Å². The fourth-order valence-corrected chi connectivity index (χ4v) is 3.61. The van der Waals surface area contributed by atoms with Crippen molar-refractivity contribution < 1.29 is 4.74 Å². The molecule has 0 bridgehead atoms. The first-order chi connectivity index (χ1) is 13.9. The molecule has 7 heteroatoms. The molecule has 0 amide bonds. The molecule has 0 aliphatic heterocycles. The smallest absolute Gasteiger partial charge is 0.282 e. The fraction of sp³-hybridized carbons (Fsp3) is 0.227. The van der Waals surface area contributed by atoms with Gasteiger partial charge < -0.3 is 4.74 Å². The van der Waals surface area contributed by atoms with Crippen LogP contribution in [0, 0.1) is 12.3 Å². The molecule has 0 unspecified atom stereocenters. The van der Waals surface area contributed by atoms with Crippen LogP contribution in [0.15, 0.2) is 55.2 Å². The van der Waals surface area contributed by atoms with Crippen molar-refractivity contribution >= 4 is 49.0 Å². The Morgan fingerprint density at radius 3 is 2.79 bits per heavy atom. The molecule has 0 aliphatic carbocycles. The summed E-state index contributed by atoms with van der Waals surface area (Å²) < 4.78 is 8.42. The summed E-state index contributed by atoms with van der Waals surface area (Å²) in [5.41, 5.74) is 1.27. The number of ether oxygens (including phenoxy) is 1. The van der Waals surface area contributed by atoms with E-state index in [0.717, 1.165) is 20.9 Å². The van der Waals surface area contributed by atoms with E-state index in [1.54, 1.807) is 18.3 Å². The number of nitrogens with zero attached hydrogens (tertiary/aromatic N) is 3. The highest BCUT2D eigenvalue weighted by Crippen LogP contribution is 2.25. The van der Waals surface area contributed by atoms with Gasteiger partial charge in [-0.2, -0.15) is 9.78 Å². The van der Waals surface area contributed by atoms with Crippen LogP contribution in [0.25, 0.3) is 10.9 Å². The van der Waals surface area contributed by atoms with Crippen LogP contribution in [0.4, 0.5) is 0 Å². The summed E-state index contributed by atoms with van der Waals surface area (Å²) in [5, 5.41) is 4.98. The average Bonchev–Trinajstić information content (AvgIpc) is 2.72. The SMILES string of the molecule is C#CCOc1ccc(C=Nn2c([C@H](C)CC)nc3ccc(Br)cc3c2=O)cc1Br. The van der Waals surface area contributed by atoms with Gasteiger partial charge in [-0.15, -0.1) is 6.42 Å². The standard InChI is InChI=1S/C22H19Br2N3O2/c1-4-10-29-20-9-6-15(11-18(20)24)13-25-27-21(14(3)5-2)26-19-8-7-16(23)12-17(19)22(27)28/h1,6-9,11-14H,5,10H2,2-3H3/t14-/m1/s1. The van der Waals surface area contributed by atoms with Crippen LogP contribution >= 0.6 is 31.9 Å². The highest BCUT2D eigenvalue weighted by atomic mass is 79.9. The quantitative estimate of drug-likeness (QED) is 0.328. The Morgan fingerprint density at radius 1 is 1.31 bits per heavy atom. The number of rotatable bonds is 6. The predicted octanol–water partition coefficient (Wildman–Crippen LogP) is 5.33. The molecule has 0 saturated heterocycles. The first-order valence-corrected chi connectivity index (χ1v) is 10.7. The van der Waals surface area contributed by atoms with Crippen LogP contribution < -0.4 is 10.3 Å². The molecule has 29 heavy (non-hydrogen) atoms. The third kappa shape index (κ3) is 4.77. The normalized spacial score (nSPS) is 12.2. The highest BCUT2D eigenvalue weighted by Gasteiger charge is 2.15. The number of fused-ring (bicyclic) bond motifs is 1. The van der Waals surface area contributed by atoms with Crippen molar-refractivity contribution in [2.45, 2.75) is 26.2 Å². The van der Waals surface area contributed by atoms with E-state index in [1.807, 2.05) is 31.2 Å². The lowest BCUT2D eigenvalue weighted by Crippen LogP contribution is -2.23. The van der Waals surface area contributed by atoms with Crippen molar-refractivity contribution in [2.24, 2.45) is 5.10 Å². The van der Waals surface area contributed by atoms with Gasteiger partial charge in [0, 0.05) is 10.4 Å². The largest absolute Gasteiger partial charge is 0.480 e. The molecule has 0 aliphatic rings. The van der Waals surface area contributed by atoms with Crippen LogP contribution in [0.5, 0.6) is 5.75 Å². The van der Waals surface area contributed by atoms with E-state index in [2.05, 4.69) is 49.8 Å². The molecular weight excluding hydrogens is 498 g/mol. The topological polar surface area (TPSA) is 56.5 Å². The fourth-order valence-electron chi connectivity index (χ4n) is 2.74. The van der Waals surface area contributed by atoms with Crippen molar-refractivity contribution in [1.29, 1.82) is 0 Å². The van der Waals surface area contributed by atoms with Gasteiger partial charge in [0.2, 0.25) is 0 Å². The van der Waals surface area contributed by atoms with Crippen molar-refractivity contribution in [3.8, 4) is 18.1 Å². The van der Waals surface area contributed by atoms with Crippen molar-refractivity contribution in [1.82, 2.24) is 9.66 Å². The third-order valence-corrected chi connectivity index (χ3v) is 5.59. The van der Waals surface area contributed by atoms with Crippen molar-refractivity contribution in [2.75, 3.05) is 6.61 Å². The second-order valence-electron chi connectivity index (χ2n) is 6.48. The van der Waals surface area contributed by atoms with E-state index >= 15 is 0 Å². The van der Waals surface area contributed by atoms with E-state index in [9.17, 15) is 4.79 Å². The lowest BCUT2D eigenvalue weighted by molar-refractivity contribution is 0.368. The van der Waals surface area contributed by atoms with Gasteiger partial charge >= 0.3 is 0 Å². The molecule has 1 aromatic heterocycles. The van der Waals surface area contributed by atoms with E-state index in [1.165, 1.54) is 4.68 Å². The molecule has 148 valence electrons. The van der Waals surface area contributed by atoms with Crippen molar-refractivity contribution in [3.63, 3.8) is 0 Å². The summed E-state index contributed by atoms with van der Waals surface area (Å²) in [6.07, 6.45) is 7.71. The second kappa shape index (κ2) is 9.38. The molecule has 0 saturated carbocycles. The Kier molecular flexibility index (Phi) is 6.88. The van der Waals surface area contributed by atoms with Gasteiger partial charge in [0.15, 0.2) is 0 Å². The molecule has 2 aromatic carbocycles. The second-order valence-corrected chi connectivity index (χ2v) is 8.25. The number of terminal acetylenes is 1. The van der Waals surface area contributed by atoms with E-state index in [-0.39, 0.29) is 18.1 Å².